The predicted octanol–water partition coefficient (Wildman–Crippen LogP) is 3.78. The first-order chi connectivity index (χ1) is 13.8. The highest BCUT2D eigenvalue weighted by Crippen LogP contribution is 2.38. The summed E-state index contributed by atoms with van der Waals surface area (Å²) in [6, 6.07) is 22.9. The molecule has 3 nitrogen and oxygen atoms in total. The van der Waals surface area contributed by atoms with E-state index < -0.39 is 0 Å². The maximum Gasteiger partial charge on any atom is 0.260 e. The van der Waals surface area contributed by atoms with Crippen molar-refractivity contribution in [2.24, 2.45) is 0 Å². The number of aryl methyl sites for hydroxylation is 1. The van der Waals surface area contributed by atoms with E-state index in [9.17, 15) is 0 Å². The third kappa shape index (κ3) is 2.15. The van der Waals surface area contributed by atoms with E-state index in [0.29, 0.717) is 0 Å². The van der Waals surface area contributed by atoms with Crippen LogP contribution in [-0.4, -0.2) is 11.7 Å². The first-order valence-electron chi connectivity index (χ1n) is 9.42. The molecule has 4 heteroatoms. The molecule has 0 atom stereocenters. The Morgan fingerprint density at radius 2 is 1.36 bits per heavy atom. The van der Waals surface area contributed by atoms with Crippen LogP contribution in [0.25, 0.3) is 11.1 Å². The summed E-state index contributed by atoms with van der Waals surface area (Å²) in [5.41, 5.74) is 6.80. The zero-order chi connectivity index (χ0) is 18.7. The number of hydrogen-bond donors (Lipinski definition) is 0. The number of aromatic nitrogens is 1. The Bertz CT molecular complexity index is 1180. The number of para-hydroxylation sites is 2. The third-order valence-electron chi connectivity index (χ3n) is 5.62. The fourth-order valence-electron chi connectivity index (χ4n) is 4.35. The van der Waals surface area contributed by atoms with Crippen LogP contribution in [0, 0.1) is 6.92 Å². The normalized spacial score (nSPS) is 13.0. The van der Waals surface area contributed by atoms with Crippen molar-refractivity contribution in [2.75, 3.05) is 0 Å². The molecule has 3 heterocycles. The summed E-state index contributed by atoms with van der Waals surface area (Å²) in [5.74, 6) is 3.54. The molecular weight excluding hydrogens is 345 g/mol. The van der Waals surface area contributed by atoms with E-state index in [-0.39, 0.29) is 6.71 Å². The lowest BCUT2D eigenvalue weighted by molar-refractivity contribution is 0.465. The highest BCUT2D eigenvalue weighted by Gasteiger charge is 2.40. The third-order valence-corrected chi connectivity index (χ3v) is 5.62. The van der Waals surface area contributed by atoms with Crippen molar-refractivity contribution in [1.29, 1.82) is 0 Å². The van der Waals surface area contributed by atoms with Crippen molar-refractivity contribution in [3.8, 4) is 34.1 Å². The van der Waals surface area contributed by atoms with Crippen LogP contribution in [0.4, 0.5) is 0 Å². The van der Waals surface area contributed by atoms with E-state index in [1.807, 2.05) is 42.7 Å². The summed E-state index contributed by atoms with van der Waals surface area (Å²) in [7, 11) is 0. The van der Waals surface area contributed by atoms with Crippen LogP contribution in [0.1, 0.15) is 5.56 Å². The Morgan fingerprint density at radius 3 is 1.96 bits per heavy atom. The van der Waals surface area contributed by atoms with E-state index in [4.69, 9.17) is 9.47 Å². The molecule has 0 fully saturated rings. The van der Waals surface area contributed by atoms with Crippen molar-refractivity contribution >= 4 is 23.1 Å². The summed E-state index contributed by atoms with van der Waals surface area (Å²) in [6.45, 7) is 2.19. The lowest BCUT2D eigenvalue weighted by Gasteiger charge is -2.33. The van der Waals surface area contributed by atoms with Gasteiger partial charge in [-0.2, -0.15) is 0 Å². The Balaban J connectivity index is 1.64. The van der Waals surface area contributed by atoms with Crippen molar-refractivity contribution in [1.82, 2.24) is 4.98 Å². The number of pyridine rings is 1. The number of benzene rings is 3. The molecule has 0 radical (unpaired) electrons. The average Bonchev–Trinajstić information content (AvgIpc) is 2.73. The van der Waals surface area contributed by atoms with E-state index >= 15 is 0 Å². The molecule has 132 valence electrons. The minimum absolute atomic E-state index is 0.118. The zero-order valence-corrected chi connectivity index (χ0v) is 15.3. The summed E-state index contributed by atoms with van der Waals surface area (Å²) < 4.78 is 12.7. The van der Waals surface area contributed by atoms with E-state index in [0.717, 1.165) is 45.2 Å². The second kappa shape index (κ2) is 5.73. The largest absolute Gasteiger partial charge is 0.458 e. The molecular formula is C24H16BNO2. The molecule has 0 bridgehead atoms. The van der Waals surface area contributed by atoms with E-state index in [2.05, 4.69) is 48.3 Å². The molecule has 4 aromatic rings. The Kier molecular flexibility index (Phi) is 3.18. The molecule has 0 aliphatic carbocycles. The van der Waals surface area contributed by atoms with E-state index in [1.165, 1.54) is 10.9 Å². The molecule has 0 unspecified atom stereocenters. The first kappa shape index (κ1) is 15.5. The maximum atomic E-state index is 6.35. The van der Waals surface area contributed by atoms with Gasteiger partial charge < -0.3 is 9.47 Å². The Hall–Kier alpha value is -3.53. The molecule has 0 spiro atoms. The number of fused-ring (bicyclic) bond motifs is 4. The molecule has 2 aliphatic heterocycles. The molecule has 28 heavy (non-hydrogen) atoms. The monoisotopic (exact) mass is 361 g/mol. The van der Waals surface area contributed by atoms with Gasteiger partial charge in [-0.25, -0.2) is 0 Å². The summed E-state index contributed by atoms with van der Waals surface area (Å²) in [4.78, 5) is 4.22. The molecule has 6 rings (SSSR count). The van der Waals surface area contributed by atoms with Gasteiger partial charge in [0.05, 0.1) is 0 Å². The van der Waals surface area contributed by atoms with E-state index in [1.54, 1.807) is 0 Å². The fourth-order valence-corrected chi connectivity index (χ4v) is 4.35. The van der Waals surface area contributed by atoms with Gasteiger partial charge in [-0.05, 0) is 64.9 Å². The second-order valence-electron chi connectivity index (χ2n) is 7.29. The van der Waals surface area contributed by atoms with Crippen LogP contribution < -0.4 is 25.9 Å². The molecule has 0 amide bonds. The molecule has 0 saturated carbocycles. The lowest BCUT2D eigenvalue weighted by Crippen LogP contribution is -2.57. The minimum atomic E-state index is 0.118. The predicted molar refractivity (Wildman–Crippen MR) is 112 cm³/mol. The van der Waals surface area contributed by atoms with Crippen LogP contribution in [-0.2, 0) is 0 Å². The SMILES string of the molecule is Cc1cnccc1-c1cc2c3c(c1)Oc1ccccc1B3c1ccccc1O2. The molecule has 3 aromatic carbocycles. The summed E-state index contributed by atoms with van der Waals surface area (Å²) in [5, 5.41) is 0. The standard InChI is InChI=1S/C24H16BNO2/c1-15-14-26-11-10-17(15)16-12-22-24-23(13-16)28-21-9-5-3-7-19(21)25(24)18-6-2-4-8-20(18)27-22/h2-14H,1H3. The van der Waals surface area contributed by atoms with Crippen molar-refractivity contribution in [3.05, 3.63) is 84.7 Å². The van der Waals surface area contributed by atoms with Gasteiger partial charge >= 0.3 is 0 Å². The van der Waals surface area contributed by atoms with Gasteiger partial charge in [-0.3, -0.25) is 4.98 Å². The number of rotatable bonds is 1. The zero-order valence-electron chi connectivity index (χ0n) is 15.3. The lowest BCUT2D eigenvalue weighted by atomic mass is 9.35. The van der Waals surface area contributed by atoms with Gasteiger partial charge in [-0.1, -0.05) is 36.4 Å². The topological polar surface area (TPSA) is 31.4 Å². The second-order valence-corrected chi connectivity index (χ2v) is 7.29. The van der Waals surface area contributed by atoms with Crippen LogP contribution in [0.15, 0.2) is 79.1 Å². The first-order valence-corrected chi connectivity index (χ1v) is 9.42. The van der Waals surface area contributed by atoms with Gasteiger partial charge in [0.2, 0.25) is 0 Å². The minimum Gasteiger partial charge on any atom is -0.458 e. The number of hydrogen-bond acceptors (Lipinski definition) is 3. The summed E-state index contributed by atoms with van der Waals surface area (Å²) >= 11 is 0. The van der Waals surface area contributed by atoms with Gasteiger partial charge in [0.1, 0.15) is 23.0 Å². The quantitative estimate of drug-likeness (QED) is 0.418. The van der Waals surface area contributed by atoms with Crippen LogP contribution in [0.5, 0.6) is 23.0 Å². The Labute approximate surface area is 163 Å². The maximum absolute atomic E-state index is 6.35. The fraction of sp³-hybridized carbons (Fsp3) is 0.0417. The van der Waals surface area contributed by atoms with Gasteiger partial charge in [0.25, 0.3) is 6.71 Å². The molecule has 2 aliphatic rings. The number of nitrogens with zero attached hydrogens (tertiary/aromatic N) is 1. The smallest absolute Gasteiger partial charge is 0.260 e. The highest BCUT2D eigenvalue weighted by molar-refractivity contribution is 6.98. The van der Waals surface area contributed by atoms with Crippen molar-refractivity contribution in [3.63, 3.8) is 0 Å². The van der Waals surface area contributed by atoms with Gasteiger partial charge in [0, 0.05) is 17.9 Å². The average molecular weight is 361 g/mol. The van der Waals surface area contributed by atoms with Crippen LogP contribution in [0.3, 0.4) is 0 Å². The highest BCUT2D eigenvalue weighted by atomic mass is 16.5. The molecule has 0 N–H and O–H groups in total. The summed E-state index contributed by atoms with van der Waals surface area (Å²) in [6.07, 6.45) is 3.71. The van der Waals surface area contributed by atoms with Gasteiger partial charge in [-0.15, -0.1) is 0 Å². The van der Waals surface area contributed by atoms with Crippen molar-refractivity contribution < 1.29 is 9.47 Å². The van der Waals surface area contributed by atoms with Crippen LogP contribution in [0.2, 0.25) is 0 Å². The van der Waals surface area contributed by atoms with Crippen molar-refractivity contribution in [2.45, 2.75) is 6.92 Å². The van der Waals surface area contributed by atoms with Crippen LogP contribution >= 0.6 is 0 Å². The molecule has 0 saturated heterocycles. The molecule has 1 aromatic heterocycles. The Morgan fingerprint density at radius 1 is 0.750 bits per heavy atom. The number of ether oxygens (including phenoxy) is 2. The van der Waals surface area contributed by atoms with Gasteiger partial charge in [0.15, 0.2) is 0 Å².